The van der Waals surface area contributed by atoms with E-state index in [1.165, 1.54) is 31.0 Å². The highest BCUT2D eigenvalue weighted by Crippen LogP contribution is 2.27. The van der Waals surface area contributed by atoms with Gasteiger partial charge in [0.05, 0.1) is 17.9 Å². The Morgan fingerprint density at radius 1 is 1.06 bits per heavy atom. The van der Waals surface area contributed by atoms with Gasteiger partial charge in [-0.1, -0.05) is 37.5 Å². The van der Waals surface area contributed by atoms with Gasteiger partial charge < -0.3 is 19.7 Å². The fourth-order valence-corrected chi connectivity index (χ4v) is 4.87. The topological polar surface area (TPSA) is 84.9 Å². The number of carbonyl (C=O) groups is 3. The van der Waals surface area contributed by atoms with E-state index in [2.05, 4.69) is 5.32 Å². The zero-order valence-electron chi connectivity index (χ0n) is 19.7. The molecule has 7 nitrogen and oxygen atoms in total. The number of amides is 2. The number of benzene rings is 2. The summed E-state index contributed by atoms with van der Waals surface area (Å²) in [6, 6.07) is 14.4. The summed E-state index contributed by atoms with van der Waals surface area (Å²) in [4.78, 5) is 39.8. The number of anilines is 1. The number of ether oxygens (including phenoxy) is 2. The van der Waals surface area contributed by atoms with E-state index in [1.54, 1.807) is 43.3 Å². The molecule has 1 aliphatic rings. The molecule has 1 N–H and O–H groups in total. The Bertz CT molecular complexity index is 991. The van der Waals surface area contributed by atoms with Gasteiger partial charge in [0.2, 0.25) is 5.91 Å². The van der Waals surface area contributed by atoms with Gasteiger partial charge in [-0.3, -0.25) is 9.59 Å². The molecule has 0 unspecified atom stereocenters. The van der Waals surface area contributed by atoms with Crippen molar-refractivity contribution in [3.8, 4) is 5.75 Å². The molecular formula is C26H32N2O5S. The number of rotatable bonds is 10. The van der Waals surface area contributed by atoms with Crippen LogP contribution >= 0.6 is 11.8 Å². The molecular weight excluding hydrogens is 452 g/mol. The third kappa shape index (κ3) is 7.52. The predicted molar refractivity (Wildman–Crippen MR) is 133 cm³/mol. The van der Waals surface area contributed by atoms with E-state index in [0.717, 1.165) is 17.7 Å². The summed E-state index contributed by atoms with van der Waals surface area (Å²) >= 11 is 1.38. The van der Waals surface area contributed by atoms with Crippen LogP contribution in [0.4, 0.5) is 5.69 Å². The van der Waals surface area contributed by atoms with Crippen molar-refractivity contribution in [2.24, 2.45) is 0 Å². The molecule has 0 saturated heterocycles. The second-order valence-electron chi connectivity index (χ2n) is 8.16. The minimum Gasteiger partial charge on any atom is -0.482 e. The molecule has 0 bridgehead atoms. The van der Waals surface area contributed by atoms with Crippen LogP contribution in [-0.4, -0.2) is 54.7 Å². The maximum absolute atomic E-state index is 13.0. The summed E-state index contributed by atoms with van der Waals surface area (Å²) in [6.45, 7) is 1.82. The van der Waals surface area contributed by atoms with Crippen molar-refractivity contribution in [3.63, 3.8) is 0 Å². The number of thioether (sulfide) groups is 1. The number of carbonyl (C=O) groups excluding carboxylic acids is 3. The van der Waals surface area contributed by atoms with Crippen LogP contribution in [0.2, 0.25) is 0 Å². The lowest BCUT2D eigenvalue weighted by Gasteiger charge is -2.31. The number of esters is 1. The van der Waals surface area contributed by atoms with Gasteiger partial charge in [-0.15, -0.1) is 11.8 Å². The van der Waals surface area contributed by atoms with Crippen molar-refractivity contribution in [2.75, 3.05) is 31.3 Å². The first kappa shape index (κ1) is 25.6. The second-order valence-corrected chi connectivity index (χ2v) is 9.17. The van der Waals surface area contributed by atoms with Crippen LogP contribution in [0.15, 0.2) is 53.4 Å². The van der Waals surface area contributed by atoms with Crippen molar-refractivity contribution in [3.05, 3.63) is 54.1 Å². The van der Waals surface area contributed by atoms with Gasteiger partial charge in [0.25, 0.3) is 5.91 Å². The molecule has 1 aliphatic carbocycles. The zero-order valence-corrected chi connectivity index (χ0v) is 20.6. The Labute approximate surface area is 205 Å². The van der Waals surface area contributed by atoms with Gasteiger partial charge in [0, 0.05) is 29.7 Å². The average molecular weight is 485 g/mol. The number of hydrogen-bond acceptors (Lipinski definition) is 6. The van der Waals surface area contributed by atoms with Gasteiger partial charge >= 0.3 is 5.97 Å². The molecule has 0 heterocycles. The van der Waals surface area contributed by atoms with E-state index in [4.69, 9.17) is 9.47 Å². The van der Waals surface area contributed by atoms with E-state index in [9.17, 15) is 14.4 Å². The molecule has 0 spiro atoms. The first-order chi connectivity index (χ1) is 16.5. The Hall–Kier alpha value is -3.00. The monoisotopic (exact) mass is 484 g/mol. The third-order valence-corrected chi connectivity index (χ3v) is 6.81. The summed E-state index contributed by atoms with van der Waals surface area (Å²) in [5, 5.41) is 2.87. The lowest BCUT2D eigenvalue weighted by molar-refractivity contribution is -0.145. The summed E-state index contributed by atoms with van der Waals surface area (Å²) in [5.41, 5.74) is 1.04. The van der Waals surface area contributed by atoms with Crippen LogP contribution in [0.1, 0.15) is 49.4 Å². The van der Waals surface area contributed by atoms with Gasteiger partial charge in [-0.05, 0) is 44.0 Å². The van der Waals surface area contributed by atoms with E-state index in [0.29, 0.717) is 23.0 Å². The second kappa shape index (κ2) is 13.0. The molecule has 0 aromatic heterocycles. The molecule has 0 radical (unpaired) electrons. The van der Waals surface area contributed by atoms with Crippen molar-refractivity contribution < 1.29 is 23.9 Å². The molecule has 2 aromatic rings. The largest absolute Gasteiger partial charge is 0.482 e. The Kier molecular flexibility index (Phi) is 9.82. The molecule has 0 aliphatic heterocycles. The van der Waals surface area contributed by atoms with E-state index < -0.39 is 5.97 Å². The SMILES string of the molecule is CCOC(=O)COc1cccc(NC(=O)c2ccccc2SCC(=O)N(C)C2CCCCC2)c1. The molecule has 182 valence electrons. The fraction of sp³-hybridized carbons (Fsp3) is 0.423. The Morgan fingerprint density at radius 3 is 2.59 bits per heavy atom. The highest BCUT2D eigenvalue weighted by molar-refractivity contribution is 8.00. The standard InChI is InChI=1S/C26H32N2O5S/c1-3-32-25(30)17-33-21-13-9-10-19(16-21)27-26(31)22-14-7-8-15-23(22)34-18-24(29)28(2)20-11-5-4-6-12-20/h7-10,13-16,20H,3-6,11-12,17-18H2,1-2H3,(H,27,31). The number of hydrogen-bond donors (Lipinski definition) is 1. The van der Waals surface area contributed by atoms with Crippen molar-refractivity contribution in [1.29, 1.82) is 0 Å². The van der Waals surface area contributed by atoms with Crippen molar-refractivity contribution >= 4 is 35.2 Å². The van der Waals surface area contributed by atoms with E-state index in [-0.39, 0.29) is 30.8 Å². The molecule has 1 saturated carbocycles. The predicted octanol–water partition coefficient (Wildman–Crippen LogP) is 4.76. The highest BCUT2D eigenvalue weighted by atomic mass is 32.2. The van der Waals surface area contributed by atoms with Gasteiger partial charge in [0.15, 0.2) is 6.61 Å². The molecule has 3 rings (SSSR count). The molecule has 2 amide bonds. The molecule has 1 fully saturated rings. The zero-order chi connectivity index (χ0) is 24.3. The van der Waals surface area contributed by atoms with Gasteiger partial charge in [-0.25, -0.2) is 4.79 Å². The van der Waals surface area contributed by atoms with Crippen molar-refractivity contribution in [1.82, 2.24) is 4.90 Å². The average Bonchev–Trinajstić information content (AvgIpc) is 2.86. The minimum absolute atomic E-state index is 0.0820. The third-order valence-electron chi connectivity index (χ3n) is 5.75. The normalized spacial score (nSPS) is 13.7. The van der Waals surface area contributed by atoms with Crippen LogP contribution < -0.4 is 10.1 Å². The Balaban J connectivity index is 1.59. The maximum atomic E-state index is 13.0. The summed E-state index contributed by atoms with van der Waals surface area (Å²) in [7, 11) is 1.88. The summed E-state index contributed by atoms with van der Waals surface area (Å²) in [5.74, 6) is 0.0859. The first-order valence-electron chi connectivity index (χ1n) is 11.6. The van der Waals surface area contributed by atoms with E-state index >= 15 is 0 Å². The quantitative estimate of drug-likeness (QED) is 0.386. The summed E-state index contributed by atoms with van der Waals surface area (Å²) in [6.07, 6.45) is 5.72. The van der Waals surface area contributed by atoms with Crippen LogP contribution in [0, 0.1) is 0 Å². The molecule has 0 atom stereocenters. The van der Waals surface area contributed by atoms with Crippen LogP contribution in [0.5, 0.6) is 5.75 Å². The Morgan fingerprint density at radius 2 is 1.82 bits per heavy atom. The van der Waals surface area contributed by atoms with Crippen LogP contribution in [0.25, 0.3) is 0 Å². The molecule has 8 heteroatoms. The maximum Gasteiger partial charge on any atom is 0.344 e. The summed E-state index contributed by atoms with van der Waals surface area (Å²) < 4.78 is 10.3. The van der Waals surface area contributed by atoms with Gasteiger partial charge in [-0.2, -0.15) is 0 Å². The minimum atomic E-state index is -0.452. The van der Waals surface area contributed by atoms with Crippen molar-refractivity contribution in [2.45, 2.75) is 50.0 Å². The number of nitrogens with zero attached hydrogens (tertiary/aromatic N) is 1. The van der Waals surface area contributed by atoms with Crippen LogP contribution in [0.3, 0.4) is 0 Å². The number of nitrogens with one attached hydrogen (secondary N) is 1. The first-order valence-corrected chi connectivity index (χ1v) is 12.6. The lowest BCUT2D eigenvalue weighted by atomic mass is 9.94. The highest BCUT2D eigenvalue weighted by Gasteiger charge is 2.22. The smallest absolute Gasteiger partial charge is 0.344 e. The van der Waals surface area contributed by atoms with E-state index in [1.807, 2.05) is 24.1 Å². The molecule has 34 heavy (non-hydrogen) atoms. The molecule has 2 aromatic carbocycles. The van der Waals surface area contributed by atoms with Crippen LogP contribution in [-0.2, 0) is 14.3 Å². The fourth-order valence-electron chi connectivity index (χ4n) is 3.90. The lowest BCUT2D eigenvalue weighted by Crippen LogP contribution is -2.39. The van der Waals surface area contributed by atoms with Gasteiger partial charge in [0.1, 0.15) is 5.75 Å².